The largest absolute Gasteiger partial charge is 3.00 e. The van der Waals surface area contributed by atoms with Crippen LogP contribution in [-0.4, -0.2) is 35.3 Å². The van der Waals surface area contributed by atoms with Gasteiger partial charge in [-0.3, -0.25) is 14.4 Å². The van der Waals surface area contributed by atoms with Crippen LogP contribution < -0.4 is 15.8 Å². The number of carbonyl (C=O) groups excluding carboxylic acids is 3. The molecule has 0 bridgehead atoms. The van der Waals surface area contributed by atoms with Crippen LogP contribution in [0.25, 0.3) is 0 Å². The molecule has 0 aliphatic heterocycles. The molecule has 0 heterocycles. The second kappa shape index (κ2) is 60.1. The zero-order chi connectivity index (χ0) is 42.6. The predicted octanol–water partition coefficient (Wildman–Crippen LogP) is 12.5. The second-order valence-corrected chi connectivity index (χ2v) is 16.3. The Morgan fingerprint density at radius 2 is 0.379 bits per heavy atom. The van der Waals surface area contributed by atoms with Crippen LogP contribution in [0.3, 0.4) is 0 Å². The van der Waals surface area contributed by atoms with E-state index in [1.807, 2.05) is 0 Å². The van der Waals surface area contributed by atoms with Crippen molar-refractivity contribution < 1.29 is 44.8 Å². The fourth-order valence-corrected chi connectivity index (χ4v) is 6.99. The second-order valence-electron chi connectivity index (χ2n) is 16.3. The molecule has 0 fully saturated rings. The Morgan fingerprint density at radius 1 is 0.259 bits per heavy atom. The summed E-state index contributed by atoms with van der Waals surface area (Å²) in [5.41, 5.74) is 0. The molecule has 0 atom stereocenters. The van der Waals surface area contributed by atoms with Crippen molar-refractivity contribution in [3.63, 3.8) is 0 Å². The molecular formula is C48H93AlO9. The minimum absolute atomic E-state index is 0. The van der Waals surface area contributed by atoms with Gasteiger partial charge >= 0.3 is 17.4 Å². The van der Waals surface area contributed by atoms with Gasteiger partial charge in [0.25, 0.3) is 17.9 Å². The third kappa shape index (κ3) is 64.0. The molecule has 0 aromatic carbocycles. The van der Waals surface area contributed by atoms with Crippen molar-refractivity contribution in [3.8, 4) is 0 Å². The molecule has 0 N–H and O–H groups in total. The number of carbonyl (C=O) groups is 3. The Morgan fingerprint density at radius 3 is 0.500 bits per heavy atom. The monoisotopic (exact) mass is 841 g/mol. The minimum Gasteiger partial charge on any atom is -0.662 e. The van der Waals surface area contributed by atoms with Gasteiger partial charge in [0, 0.05) is 19.3 Å². The number of unbranched alkanes of at least 4 members (excludes halogenated alkanes) is 36. The molecule has 342 valence electrons. The number of hydrogen-bond acceptors (Lipinski definition) is 9. The van der Waals surface area contributed by atoms with Crippen LogP contribution in [0.5, 0.6) is 0 Å². The van der Waals surface area contributed by atoms with Crippen molar-refractivity contribution >= 4 is 35.3 Å². The van der Waals surface area contributed by atoms with Crippen molar-refractivity contribution in [1.29, 1.82) is 0 Å². The van der Waals surface area contributed by atoms with E-state index in [0.29, 0.717) is 0 Å². The third-order valence-corrected chi connectivity index (χ3v) is 10.7. The summed E-state index contributed by atoms with van der Waals surface area (Å²) in [6.07, 6.45) is 50.6. The van der Waals surface area contributed by atoms with E-state index in [-0.39, 0.29) is 36.6 Å². The van der Waals surface area contributed by atoms with Crippen molar-refractivity contribution in [1.82, 2.24) is 0 Å². The van der Waals surface area contributed by atoms with Gasteiger partial charge in [-0.15, -0.1) is 0 Å². The molecule has 0 aromatic heterocycles. The number of hydrogen-bond donors (Lipinski definition) is 0. The summed E-state index contributed by atoms with van der Waals surface area (Å²) in [4.78, 5) is 41.8. The van der Waals surface area contributed by atoms with Crippen LogP contribution in [0.15, 0.2) is 0 Å². The first-order valence-corrected chi connectivity index (χ1v) is 24.4. The molecule has 0 aromatic rings. The van der Waals surface area contributed by atoms with Crippen molar-refractivity contribution in [2.45, 2.75) is 290 Å². The zero-order valence-electron chi connectivity index (χ0n) is 38.5. The Hall–Kier alpha value is -1.18. The van der Waals surface area contributed by atoms with Gasteiger partial charge in [0.1, 0.15) is 0 Å². The summed E-state index contributed by atoms with van der Waals surface area (Å²) in [6.45, 7) is 6.76. The molecule has 10 heteroatoms. The maximum Gasteiger partial charge on any atom is 3.00 e. The Bertz CT molecular complexity index is 684. The average Bonchev–Trinajstić information content (AvgIpc) is 3.23. The molecule has 0 saturated carbocycles. The summed E-state index contributed by atoms with van der Waals surface area (Å²) < 4.78 is 0. The van der Waals surface area contributed by atoms with E-state index in [4.69, 9.17) is 0 Å². The molecule has 0 amide bonds. The van der Waals surface area contributed by atoms with Crippen LogP contribution in [-0.2, 0) is 29.0 Å². The molecule has 0 radical (unpaired) electrons. The fourth-order valence-electron chi connectivity index (χ4n) is 6.99. The minimum atomic E-state index is -0.622. The molecular weight excluding hydrogens is 748 g/mol. The van der Waals surface area contributed by atoms with Crippen LogP contribution in [0.1, 0.15) is 290 Å². The summed E-state index contributed by atoms with van der Waals surface area (Å²) in [7, 11) is 0. The molecule has 0 spiro atoms. The molecule has 0 unspecified atom stereocenters. The predicted molar refractivity (Wildman–Crippen MR) is 235 cm³/mol. The van der Waals surface area contributed by atoms with E-state index in [0.717, 1.165) is 38.5 Å². The first-order valence-electron chi connectivity index (χ1n) is 24.4. The van der Waals surface area contributed by atoms with Crippen LogP contribution in [0.2, 0.25) is 0 Å². The first kappa shape index (κ1) is 63.5. The standard InChI is InChI=1S/3C16H32O3.Al/c3*1-2-3-4-5-6-7-8-9-10-11-12-13-14-15-16(17)19-18;/h3*18H,2-15H2,1H3;/q;;;+3/p-3. The van der Waals surface area contributed by atoms with Crippen molar-refractivity contribution in [3.05, 3.63) is 0 Å². The van der Waals surface area contributed by atoms with Crippen molar-refractivity contribution in [2.24, 2.45) is 0 Å². The first-order chi connectivity index (χ1) is 27.9. The quantitative estimate of drug-likeness (QED) is 0.0253. The van der Waals surface area contributed by atoms with Crippen LogP contribution in [0.4, 0.5) is 0 Å². The normalized spacial score (nSPS) is 10.4. The van der Waals surface area contributed by atoms with Gasteiger partial charge in [0.2, 0.25) is 0 Å². The maximum atomic E-state index is 10.6. The Balaban J connectivity index is -0.000000374. The van der Waals surface area contributed by atoms with Gasteiger partial charge in [0.15, 0.2) is 0 Å². The smallest absolute Gasteiger partial charge is 0.662 e. The topological polar surface area (TPSA) is 148 Å². The van der Waals surface area contributed by atoms with E-state index in [1.54, 1.807) is 0 Å². The molecule has 0 rings (SSSR count). The molecule has 0 aliphatic rings. The van der Waals surface area contributed by atoms with E-state index >= 15 is 0 Å². The Labute approximate surface area is 369 Å². The zero-order valence-corrected chi connectivity index (χ0v) is 39.6. The van der Waals surface area contributed by atoms with E-state index in [1.165, 1.54) is 212 Å². The van der Waals surface area contributed by atoms with Gasteiger partial charge in [0.05, 0.1) is 0 Å². The molecule has 0 saturated heterocycles. The average molecular weight is 841 g/mol. The molecule has 58 heavy (non-hydrogen) atoms. The van der Waals surface area contributed by atoms with Gasteiger partial charge in [-0.2, -0.15) is 0 Å². The maximum absolute atomic E-state index is 10.6. The van der Waals surface area contributed by atoms with Gasteiger partial charge in [-0.25, -0.2) is 0 Å². The van der Waals surface area contributed by atoms with Crippen molar-refractivity contribution in [2.75, 3.05) is 0 Å². The van der Waals surface area contributed by atoms with Gasteiger partial charge in [-0.1, -0.05) is 252 Å². The SMILES string of the molecule is CCCCCCCCCCCCCCCC(=O)O[O-].CCCCCCCCCCCCCCCC(=O)O[O-].CCCCCCCCCCCCCCCC(=O)O[O-].[Al+3]. The van der Waals surface area contributed by atoms with Crippen LogP contribution in [0, 0.1) is 0 Å². The fraction of sp³-hybridized carbons (Fsp3) is 0.938. The third-order valence-electron chi connectivity index (χ3n) is 10.7. The summed E-state index contributed by atoms with van der Waals surface area (Å²) >= 11 is 0. The van der Waals surface area contributed by atoms with E-state index in [2.05, 4.69) is 35.4 Å². The van der Waals surface area contributed by atoms with Crippen LogP contribution >= 0.6 is 0 Å². The van der Waals surface area contributed by atoms with Gasteiger partial charge in [-0.05, 0) is 19.3 Å². The molecule has 0 aliphatic carbocycles. The summed E-state index contributed by atoms with van der Waals surface area (Å²) in [6, 6.07) is 0. The van der Waals surface area contributed by atoms with E-state index in [9.17, 15) is 30.2 Å². The summed E-state index contributed by atoms with van der Waals surface area (Å²) in [5, 5.41) is 29.2. The summed E-state index contributed by atoms with van der Waals surface area (Å²) in [5.74, 6) is -1.87. The Kier molecular flexibility index (Phi) is 65.8. The van der Waals surface area contributed by atoms with Gasteiger partial charge < -0.3 is 30.4 Å². The molecule has 9 nitrogen and oxygen atoms in total. The number of rotatable bonds is 42. The van der Waals surface area contributed by atoms with E-state index < -0.39 is 17.9 Å².